The summed E-state index contributed by atoms with van der Waals surface area (Å²) in [5, 5.41) is 3.17. The lowest BCUT2D eigenvalue weighted by Gasteiger charge is -2.21. The minimum absolute atomic E-state index is 0.308. The third-order valence-electron chi connectivity index (χ3n) is 2.23. The van der Waals surface area contributed by atoms with Crippen LogP contribution in [0.4, 0.5) is 3.89 Å². The fourth-order valence-corrected chi connectivity index (χ4v) is 2.09. The van der Waals surface area contributed by atoms with E-state index in [1.807, 2.05) is 0 Å². The minimum atomic E-state index is -4.24. The first-order chi connectivity index (χ1) is 5.58. The van der Waals surface area contributed by atoms with Crippen LogP contribution < -0.4 is 5.32 Å². The predicted octanol–water partition coefficient (Wildman–Crippen LogP) is 0.675. The lowest BCUT2D eigenvalue weighted by molar-refractivity contribution is 0.364. The van der Waals surface area contributed by atoms with Crippen molar-refractivity contribution in [3.05, 3.63) is 0 Å². The van der Waals surface area contributed by atoms with Gasteiger partial charge in [0.2, 0.25) is 0 Å². The predicted molar refractivity (Wildman–Crippen MR) is 45.1 cm³/mol. The van der Waals surface area contributed by atoms with Crippen LogP contribution in [0.3, 0.4) is 0 Å². The first kappa shape index (κ1) is 9.92. The van der Waals surface area contributed by atoms with Gasteiger partial charge in [-0.1, -0.05) is 0 Å². The Morgan fingerprint density at radius 2 is 1.92 bits per heavy atom. The van der Waals surface area contributed by atoms with Crippen LogP contribution >= 0.6 is 0 Å². The molecule has 0 aliphatic carbocycles. The van der Waals surface area contributed by atoms with E-state index in [1.165, 1.54) is 0 Å². The maximum Gasteiger partial charge on any atom is 0.302 e. The summed E-state index contributed by atoms with van der Waals surface area (Å²) < 4.78 is 32.5. The van der Waals surface area contributed by atoms with Crippen LogP contribution in [0.1, 0.15) is 19.3 Å². The molecular formula is C7H14FNO2S. The molecule has 0 radical (unpaired) electrons. The van der Waals surface area contributed by atoms with Gasteiger partial charge < -0.3 is 5.32 Å². The van der Waals surface area contributed by atoms with Gasteiger partial charge in [0.05, 0.1) is 5.75 Å². The van der Waals surface area contributed by atoms with Gasteiger partial charge in [-0.3, -0.25) is 0 Å². The zero-order valence-corrected chi connectivity index (χ0v) is 7.74. The van der Waals surface area contributed by atoms with E-state index in [0.717, 1.165) is 25.9 Å². The maximum absolute atomic E-state index is 12.1. The standard InChI is InChI=1S/C7H14FNO2S/c8-12(10,11)6-3-7-1-4-9-5-2-7/h7,9H,1-6H2. The summed E-state index contributed by atoms with van der Waals surface area (Å²) in [6, 6.07) is 0. The highest BCUT2D eigenvalue weighted by Gasteiger charge is 2.16. The summed E-state index contributed by atoms with van der Waals surface area (Å²) >= 11 is 0. The SMILES string of the molecule is O=S(=O)(F)CCC1CCNCC1. The molecule has 0 aromatic heterocycles. The summed E-state index contributed by atoms with van der Waals surface area (Å²) in [4.78, 5) is 0. The van der Waals surface area contributed by atoms with Crippen molar-refractivity contribution in [3.8, 4) is 0 Å². The zero-order chi connectivity index (χ0) is 9.03. The van der Waals surface area contributed by atoms with Crippen molar-refractivity contribution in [3.63, 3.8) is 0 Å². The monoisotopic (exact) mass is 195 g/mol. The fraction of sp³-hybridized carbons (Fsp3) is 1.00. The van der Waals surface area contributed by atoms with Gasteiger partial charge in [-0.15, -0.1) is 3.89 Å². The van der Waals surface area contributed by atoms with Crippen LogP contribution in [-0.2, 0) is 10.2 Å². The molecular weight excluding hydrogens is 181 g/mol. The number of piperidine rings is 1. The van der Waals surface area contributed by atoms with Crippen molar-refractivity contribution in [2.75, 3.05) is 18.8 Å². The van der Waals surface area contributed by atoms with Crippen LogP contribution in [-0.4, -0.2) is 27.3 Å². The van der Waals surface area contributed by atoms with Gasteiger partial charge in [0.25, 0.3) is 0 Å². The van der Waals surface area contributed by atoms with E-state index in [-0.39, 0.29) is 5.75 Å². The summed E-state index contributed by atoms with van der Waals surface area (Å²) in [6.07, 6.45) is 2.41. The highest BCUT2D eigenvalue weighted by Crippen LogP contribution is 2.16. The molecule has 0 amide bonds. The van der Waals surface area contributed by atoms with Gasteiger partial charge in [0.1, 0.15) is 0 Å². The Labute approximate surface area is 72.6 Å². The van der Waals surface area contributed by atoms with Gasteiger partial charge in [-0.05, 0) is 38.3 Å². The molecule has 5 heteroatoms. The number of rotatable bonds is 3. The number of hydrogen-bond donors (Lipinski definition) is 1. The van der Waals surface area contributed by atoms with Crippen molar-refractivity contribution in [1.29, 1.82) is 0 Å². The van der Waals surface area contributed by atoms with Crippen LogP contribution in [0.5, 0.6) is 0 Å². The molecule has 0 bridgehead atoms. The molecule has 1 aliphatic rings. The van der Waals surface area contributed by atoms with Crippen molar-refractivity contribution >= 4 is 10.2 Å². The van der Waals surface area contributed by atoms with Gasteiger partial charge in [-0.25, -0.2) is 0 Å². The van der Waals surface area contributed by atoms with E-state index >= 15 is 0 Å². The van der Waals surface area contributed by atoms with Gasteiger partial charge >= 0.3 is 10.2 Å². The average molecular weight is 195 g/mol. The third kappa shape index (κ3) is 4.01. The van der Waals surface area contributed by atoms with E-state index in [4.69, 9.17) is 0 Å². The normalized spacial score (nSPS) is 21.1. The lowest BCUT2D eigenvalue weighted by atomic mass is 9.96. The average Bonchev–Trinajstić information content (AvgIpc) is 2.02. The second-order valence-corrected chi connectivity index (χ2v) is 4.71. The third-order valence-corrected chi connectivity index (χ3v) is 2.95. The summed E-state index contributed by atoms with van der Waals surface area (Å²) in [5.74, 6) is 0.0780. The van der Waals surface area contributed by atoms with Crippen molar-refractivity contribution in [2.45, 2.75) is 19.3 Å². The molecule has 1 aliphatic heterocycles. The molecule has 1 fully saturated rings. The molecule has 72 valence electrons. The number of halogens is 1. The van der Waals surface area contributed by atoms with E-state index in [9.17, 15) is 12.3 Å². The number of hydrogen-bond acceptors (Lipinski definition) is 3. The van der Waals surface area contributed by atoms with E-state index < -0.39 is 10.2 Å². The molecule has 1 heterocycles. The van der Waals surface area contributed by atoms with E-state index in [0.29, 0.717) is 12.3 Å². The molecule has 3 nitrogen and oxygen atoms in total. The quantitative estimate of drug-likeness (QED) is 0.673. The minimum Gasteiger partial charge on any atom is -0.317 e. The smallest absolute Gasteiger partial charge is 0.302 e. The molecule has 0 unspecified atom stereocenters. The molecule has 1 N–H and O–H groups in total. The van der Waals surface area contributed by atoms with Crippen LogP contribution in [0.2, 0.25) is 0 Å². The molecule has 0 spiro atoms. The molecule has 1 saturated heterocycles. The lowest BCUT2D eigenvalue weighted by Crippen LogP contribution is -2.28. The summed E-state index contributed by atoms with van der Waals surface area (Å²) in [6.45, 7) is 1.86. The molecule has 0 aromatic rings. The van der Waals surface area contributed by atoms with Crippen LogP contribution in [0.15, 0.2) is 0 Å². The number of nitrogens with one attached hydrogen (secondary N) is 1. The van der Waals surface area contributed by atoms with Gasteiger partial charge in [0.15, 0.2) is 0 Å². The largest absolute Gasteiger partial charge is 0.317 e. The van der Waals surface area contributed by atoms with E-state index in [1.54, 1.807) is 0 Å². The second kappa shape index (κ2) is 4.18. The molecule has 0 atom stereocenters. The highest BCUT2D eigenvalue weighted by molar-refractivity contribution is 7.86. The van der Waals surface area contributed by atoms with E-state index in [2.05, 4.69) is 5.32 Å². The molecule has 1 rings (SSSR count). The summed E-state index contributed by atoms with van der Waals surface area (Å²) in [5.41, 5.74) is 0. The Kier molecular flexibility index (Phi) is 3.46. The topological polar surface area (TPSA) is 46.2 Å². The van der Waals surface area contributed by atoms with Crippen molar-refractivity contribution in [1.82, 2.24) is 5.32 Å². The van der Waals surface area contributed by atoms with Crippen molar-refractivity contribution in [2.24, 2.45) is 5.92 Å². The Balaban J connectivity index is 2.22. The zero-order valence-electron chi connectivity index (χ0n) is 6.92. The highest BCUT2D eigenvalue weighted by atomic mass is 32.3. The first-order valence-electron chi connectivity index (χ1n) is 4.21. The Morgan fingerprint density at radius 3 is 2.42 bits per heavy atom. The Morgan fingerprint density at radius 1 is 1.33 bits per heavy atom. The molecule has 0 aromatic carbocycles. The Bertz CT molecular complexity index is 222. The van der Waals surface area contributed by atoms with Gasteiger partial charge in [0, 0.05) is 0 Å². The van der Waals surface area contributed by atoms with Crippen LogP contribution in [0, 0.1) is 5.92 Å². The Hall–Kier alpha value is -0.160. The van der Waals surface area contributed by atoms with Gasteiger partial charge in [-0.2, -0.15) is 8.42 Å². The maximum atomic E-state index is 12.1. The van der Waals surface area contributed by atoms with Crippen molar-refractivity contribution < 1.29 is 12.3 Å². The fourth-order valence-electron chi connectivity index (χ4n) is 1.48. The molecule has 0 saturated carbocycles. The first-order valence-corrected chi connectivity index (χ1v) is 5.76. The second-order valence-electron chi connectivity index (χ2n) is 3.23. The van der Waals surface area contributed by atoms with Crippen LogP contribution in [0.25, 0.3) is 0 Å². The summed E-state index contributed by atoms with van der Waals surface area (Å²) in [7, 11) is -4.24. The molecule has 12 heavy (non-hydrogen) atoms.